The standard InChI is InChI=1S/C31H38N2O5/c1-7-37-31(35)26-10-8-9-25(19-26)23-11-13-24(14-12-23)30(34)32-27-15-16-28(36-6)29(20-27)38-18-17-33(21(2)3)22(4)5/h8-16,19-22H,7,17-18H2,1-6H3,(H,32,34). The smallest absolute Gasteiger partial charge is 0.338 e. The molecule has 3 aromatic rings. The highest BCUT2D eigenvalue weighted by Crippen LogP contribution is 2.31. The van der Waals surface area contributed by atoms with Gasteiger partial charge in [0.15, 0.2) is 11.5 Å². The minimum Gasteiger partial charge on any atom is -0.493 e. The van der Waals surface area contributed by atoms with Gasteiger partial charge in [0.2, 0.25) is 0 Å². The average Bonchev–Trinajstić information content (AvgIpc) is 2.91. The van der Waals surface area contributed by atoms with Gasteiger partial charge < -0.3 is 19.5 Å². The van der Waals surface area contributed by atoms with Crippen LogP contribution in [-0.4, -0.2) is 55.7 Å². The van der Waals surface area contributed by atoms with Crippen molar-refractivity contribution in [2.75, 3.05) is 32.2 Å². The molecule has 0 fully saturated rings. The molecule has 0 aliphatic carbocycles. The minimum atomic E-state index is -0.356. The van der Waals surface area contributed by atoms with Crippen LogP contribution in [0.1, 0.15) is 55.3 Å². The van der Waals surface area contributed by atoms with Gasteiger partial charge in [0.1, 0.15) is 6.61 Å². The second-order valence-electron chi connectivity index (χ2n) is 9.47. The number of carbonyl (C=O) groups is 2. The normalized spacial score (nSPS) is 11.1. The topological polar surface area (TPSA) is 77.1 Å². The fraction of sp³-hybridized carbons (Fsp3) is 0.355. The quantitative estimate of drug-likeness (QED) is 0.284. The number of amides is 1. The summed E-state index contributed by atoms with van der Waals surface area (Å²) in [6, 6.07) is 20.7. The van der Waals surface area contributed by atoms with Gasteiger partial charge in [-0.1, -0.05) is 24.3 Å². The van der Waals surface area contributed by atoms with Gasteiger partial charge in [0.05, 0.1) is 19.3 Å². The van der Waals surface area contributed by atoms with Crippen LogP contribution in [0.5, 0.6) is 11.5 Å². The van der Waals surface area contributed by atoms with E-state index < -0.39 is 0 Å². The number of hydrogen-bond donors (Lipinski definition) is 1. The van der Waals surface area contributed by atoms with Crippen LogP contribution in [0.25, 0.3) is 11.1 Å². The van der Waals surface area contributed by atoms with Gasteiger partial charge in [-0.05, 0) is 82.1 Å². The van der Waals surface area contributed by atoms with Gasteiger partial charge in [-0.2, -0.15) is 0 Å². The Morgan fingerprint density at radius 1 is 0.842 bits per heavy atom. The van der Waals surface area contributed by atoms with E-state index in [0.717, 1.165) is 17.7 Å². The number of ether oxygens (including phenoxy) is 3. The van der Waals surface area contributed by atoms with E-state index in [4.69, 9.17) is 14.2 Å². The summed E-state index contributed by atoms with van der Waals surface area (Å²) in [4.78, 5) is 27.4. The monoisotopic (exact) mass is 518 g/mol. The number of rotatable bonds is 12. The predicted molar refractivity (Wildman–Crippen MR) is 151 cm³/mol. The predicted octanol–water partition coefficient (Wildman–Crippen LogP) is 6.29. The number of esters is 1. The van der Waals surface area contributed by atoms with Gasteiger partial charge in [0, 0.05) is 35.9 Å². The van der Waals surface area contributed by atoms with Crippen LogP contribution in [0.4, 0.5) is 5.69 Å². The summed E-state index contributed by atoms with van der Waals surface area (Å²) in [7, 11) is 1.60. The maximum absolute atomic E-state index is 12.9. The first-order chi connectivity index (χ1) is 18.2. The molecule has 38 heavy (non-hydrogen) atoms. The van der Waals surface area contributed by atoms with Crippen LogP contribution in [0.2, 0.25) is 0 Å². The molecule has 0 saturated heterocycles. The highest BCUT2D eigenvalue weighted by atomic mass is 16.5. The number of nitrogens with zero attached hydrogens (tertiary/aromatic N) is 1. The molecule has 1 amide bonds. The summed E-state index contributed by atoms with van der Waals surface area (Å²) in [6.45, 7) is 12.1. The molecule has 0 radical (unpaired) electrons. The maximum atomic E-state index is 12.9. The molecular formula is C31H38N2O5. The van der Waals surface area contributed by atoms with Crippen molar-refractivity contribution in [3.05, 3.63) is 77.9 Å². The molecule has 0 bridgehead atoms. The molecular weight excluding hydrogens is 480 g/mol. The van der Waals surface area contributed by atoms with Crippen molar-refractivity contribution in [2.45, 2.75) is 46.7 Å². The first-order valence-electron chi connectivity index (χ1n) is 13.0. The van der Waals surface area contributed by atoms with Crippen LogP contribution < -0.4 is 14.8 Å². The van der Waals surface area contributed by atoms with Crippen LogP contribution in [0.3, 0.4) is 0 Å². The molecule has 202 valence electrons. The van der Waals surface area contributed by atoms with Gasteiger partial charge >= 0.3 is 5.97 Å². The lowest BCUT2D eigenvalue weighted by molar-refractivity contribution is 0.0526. The number of methoxy groups -OCH3 is 1. The molecule has 0 aliphatic rings. The third kappa shape index (κ3) is 7.59. The number of anilines is 1. The van der Waals surface area contributed by atoms with Crippen LogP contribution >= 0.6 is 0 Å². The molecule has 0 unspecified atom stereocenters. The van der Waals surface area contributed by atoms with Crippen molar-refractivity contribution < 1.29 is 23.8 Å². The Morgan fingerprint density at radius 2 is 1.55 bits per heavy atom. The Hall–Kier alpha value is -3.84. The van der Waals surface area contributed by atoms with Crippen molar-refractivity contribution in [3.63, 3.8) is 0 Å². The number of nitrogens with one attached hydrogen (secondary N) is 1. The Labute approximate surface area is 225 Å². The van der Waals surface area contributed by atoms with Crippen molar-refractivity contribution in [1.82, 2.24) is 4.90 Å². The SMILES string of the molecule is CCOC(=O)c1cccc(-c2ccc(C(=O)Nc3ccc(OC)c(OCCN(C(C)C)C(C)C)c3)cc2)c1. The largest absolute Gasteiger partial charge is 0.493 e. The Balaban J connectivity index is 1.68. The first-order valence-corrected chi connectivity index (χ1v) is 13.0. The third-order valence-electron chi connectivity index (χ3n) is 6.21. The number of carbonyl (C=O) groups excluding carboxylic acids is 2. The second kappa shape index (κ2) is 13.6. The van der Waals surface area contributed by atoms with Crippen LogP contribution in [-0.2, 0) is 4.74 Å². The van der Waals surface area contributed by atoms with E-state index in [1.54, 1.807) is 56.5 Å². The van der Waals surface area contributed by atoms with Crippen molar-refractivity contribution in [3.8, 4) is 22.6 Å². The molecule has 7 heteroatoms. The van der Waals surface area contributed by atoms with E-state index in [9.17, 15) is 9.59 Å². The van der Waals surface area contributed by atoms with Gasteiger partial charge in [-0.3, -0.25) is 9.69 Å². The molecule has 0 atom stereocenters. The van der Waals surface area contributed by atoms with E-state index in [0.29, 0.717) is 53.6 Å². The molecule has 0 heterocycles. The summed E-state index contributed by atoms with van der Waals surface area (Å²) in [5, 5.41) is 2.94. The molecule has 0 saturated carbocycles. The zero-order chi connectivity index (χ0) is 27.7. The fourth-order valence-corrected chi connectivity index (χ4v) is 4.30. The fourth-order valence-electron chi connectivity index (χ4n) is 4.30. The summed E-state index contributed by atoms with van der Waals surface area (Å²) in [5.41, 5.74) is 3.38. The van der Waals surface area contributed by atoms with E-state index in [1.165, 1.54) is 0 Å². The molecule has 3 rings (SSSR count). The summed E-state index contributed by atoms with van der Waals surface area (Å²) < 4.78 is 16.6. The first kappa shape index (κ1) is 28.7. The van der Waals surface area contributed by atoms with Crippen molar-refractivity contribution in [1.29, 1.82) is 0 Å². The van der Waals surface area contributed by atoms with Crippen LogP contribution in [0, 0.1) is 0 Å². The lowest BCUT2D eigenvalue weighted by atomic mass is 10.0. The molecule has 7 nitrogen and oxygen atoms in total. The molecule has 3 aromatic carbocycles. The Morgan fingerprint density at radius 3 is 2.18 bits per heavy atom. The zero-order valence-electron chi connectivity index (χ0n) is 23.1. The second-order valence-corrected chi connectivity index (χ2v) is 9.47. The minimum absolute atomic E-state index is 0.237. The van der Waals surface area contributed by atoms with Crippen molar-refractivity contribution in [2.24, 2.45) is 0 Å². The Bertz CT molecular complexity index is 1210. The molecule has 0 aromatic heterocycles. The summed E-state index contributed by atoms with van der Waals surface area (Å²) >= 11 is 0. The molecule has 0 spiro atoms. The van der Waals surface area contributed by atoms with Crippen molar-refractivity contribution >= 4 is 17.6 Å². The van der Waals surface area contributed by atoms with E-state index in [2.05, 4.69) is 37.9 Å². The van der Waals surface area contributed by atoms with Crippen LogP contribution in [0.15, 0.2) is 66.7 Å². The highest BCUT2D eigenvalue weighted by molar-refractivity contribution is 6.04. The molecule has 0 aliphatic heterocycles. The molecule has 1 N–H and O–H groups in total. The third-order valence-corrected chi connectivity index (χ3v) is 6.21. The summed E-state index contributed by atoms with van der Waals surface area (Å²) in [6.07, 6.45) is 0. The number of hydrogen-bond acceptors (Lipinski definition) is 6. The lowest BCUT2D eigenvalue weighted by Crippen LogP contribution is -2.39. The lowest BCUT2D eigenvalue weighted by Gasteiger charge is -2.30. The van der Waals surface area contributed by atoms with Gasteiger partial charge in [0.25, 0.3) is 5.91 Å². The van der Waals surface area contributed by atoms with Gasteiger partial charge in [-0.25, -0.2) is 4.79 Å². The summed E-state index contributed by atoms with van der Waals surface area (Å²) in [5.74, 6) is 0.594. The number of benzene rings is 3. The van der Waals surface area contributed by atoms with Gasteiger partial charge in [-0.15, -0.1) is 0 Å². The Kier molecular flexibility index (Phi) is 10.3. The average molecular weight is 519 g/mol. The van der Waals surface area contributed by atoms with E-state index in [1.807, 2.05) is 24.3 Å². The van der Waals surface area contributed by atoms with E-state index >= 15 is 0 Å². The maximum Gasteiger partial charge on any atom is 0.338 e. The zero-order valence-corrected chi connectivity index (χ0v) is 23.1. The highest BCUT2D eigenvalue weighted by Gasteiger charge is 2.15. The van der Waals surface area contributed by atoms with E-state index in [-0.39, 0.29) is 11.9 Å².